The minimum absolute atomic E-state index is 0.00735. The van der Waals surface area contributed by atoms with Crippen LogP contribution in [0.3, 0.4) is 0 Å². The maximum absolute atomic E-state index is 5.73. The van der Waals surface area contributed by atoms with Crippen LogP contribution in [0.2, 0.25) is 5.28 Å². The Morgan fingerprint density at radius 2 is 1.75 bits per heavy atom. The van der Waals surface area contributed by atoms with Gasteiger partial charge in [0.15, 0.2) is 0 Å². The van der Waals surface area contributed by atoms with Gasteiger partial charge >= 0.3 is 12.0 Å². The molecule has 0 saturated carbocycles. The number of hydrogen-bond acceptors (Lipinski definition) is 5. The Hall–Kier alpha value is -1.10. The van der Waals surface area contributed by atoms with Gasteiger partial charge in [-0.2, -0.15) is 9.97 Å². The molecule has 0 saturated heterocycles. The Balaban J connectivity index is 2.79. The highest BCUT2D eigenvalue weighted by molar-refractivity contribution is 6.28. The van der Waals surface area contributed by atoms with Gasteiger partial charge in [-0.3, -0.25) is 0 Å². The molecule has 0 radical (unpaired) electrons. The van der Waals surface area contributed by atoms with Gasteiger partial charge in [0.1, 0.15) is 6.10 Å². The second-order valence-electron chi connectivity index (χ2n) is 3.67. The Labute approximate surface area is 100 Å². The number of hydrogen-bond donors (Lipinski definition) is 0. The van der Waals surface area contributed by atoms with Crippen molar-refractivity contribution in [3.63, 3.8) is 0 Å². The topological polar surface area (TPSA) is 57.1 Å². The molecular formula is C10H16ClN3O2. The van der Waals surface area contributed by atoms with Crippen molar-refractivity contribution in [1.29, 1.82) is 0 Å². The Morgan fingerprint density at radius 3 is 2.31 bits per heavy atom. The molecule has 16 heavy (non-hydrogen) atoms. The van der Waals surface area contributed by atoms with E-state index in [0.29, 0.717) is 12.5 Å². The van der Waals surface area contributed by atoms with Crippen LogP contribution in [0.5, 0.6) is 12.0 Å². The third kappa shape index (κ3) is 3.81. The third-order valence-electron chi connectivity index (χ3n) is 2.07. The predicted octanol–water partition coefficient (Wildman–Crippen LogP) is 2.35. The van der Waals surface area contributed by atoms with Gasteiger partial charge < -0.3 is 9.47 Å². The minimum atomic E-state index is 0.00735. The molecule has 0 aliphatic carbocycles. The van der Waals surface area contributed by atoms with Crippen LogP contribution >= 0.6 is 11.6 Å². The van der Waals surface area contributed by atoms with Gasteiger partial charge in [-0.05, 0) is 31.4 Å². The number of ether oxygens (including phenoxy) is 2. The van der Waals surface area contributed by atoms with Crippen molar-refractivity contribution in [3.8, 4) is 12.0 Å². The fraction of sp³-hybridized carbons (Fsp3) is 0.700. The summed E-state index contributed by atoms with van der Waals surface area (Å²) in [6, 6.07) is 0.387. The zero-order valence-corrected chi connectivity index (χ0v) is 10.7. The maximum Gasteiger partial charge on any atom is 0.324 e. The molecule has 0 aromatic carbocycles. The summed E-state index contributed by atoms with van der Waals surface area (Å²) in [7, 11) is 0. The van der Waals surface area contributed by atoms with Gasteiger partial charge in [0.25, 0.3) is 0 Å². The standard InChI is InChI=1S/C10H16ClN3O2/c1-5-15-9-12-8(11)13-10(14-9)16-7(4)6(2)3/h6-7H,5H2,1-4H3. The summed E-state index contributed by atoms with van der Waals surface area (Å²) < 4.78 is 10.7. The van der Waals surface area contributed by atoms with Crippen LogP contribution in [0, 0.1) is 5.92 Å². The summed E-state index contributed by atoms with van der Waals surface area (Å²) in [6.45, 7) is 8.37. The molecule has 0 bridgehead atoms. The first kappa shape index (κ1) is 13.0. The fourth-order valence-corrected chi connectivity index (χ4v) is 1.01. The second kappa shape index (κ2) is 5.84. The van der Waals surface area contributed by atoms with E-state index in [9.17, 15) is 0 Å². The lowest BCUT2D eigenvalue weighted by molar-refractivity contribution is 0.152. The highest BCUT2D eigenvalue weighted by Crippen LogP contribution is 2.16. The van der Waals surface area contributed by atoms with Gasteiger partial charge in [-0.1, -0.05) is 13.8 Å². The van der Waals surface area contributed by atoms with Crippen molar-refractivity contribution in [2.24, 2.45) is 5.92 Å². The van der Waals surface area contributed by atoms with Crippen LogP contribution in [-0.2, 0) is 0 Å². The third-order valence-corrected chi connectivity index (χ3v) is 2.24. The van der Waals surface area contributed by atoms with E-state index in [1.807, 2.05) is 13.8 Å². The SMILES string of the molecule is CCOc1nc(Cl)nc(OC(C)C(C)C)n1. The maximum atomic E-state index is 5.73. The van der Waals surface area contributed by atoms with E-state index < -0.39 is 0 Å². The molecule has 0 amide bonds. The lowest BCUT2D eigenvalue weighted by Crippen LogP contribution is -2.20. The zero-order chi connectivity index (χ0) is 12.1. The van der Waals surface area contributed by atoms with E-state index in [-0.39, 0.29) is 23.4 Å². The highest BCUT2D eigenvalue weighted by atomic mass is 35.5. The van der Waals surface area contributed by atoms with Crippen molar-refractivity contribution >= 4 is 11.6 Å². The predicted molar refractivity (Wildman–Crippen MR) is 60.9 cm³/mol. The van der Waals surface area contributed by atoms with Crippen molar-refractivity contribution < 1.29 is 9.47 Å². The van der Waals surface area contributed by atoms with Crippen LogP contribution in [-0.4, -0.2) is 27.7 Å². The molecule has 1 rings (SSSR count). The highest BCUT2D eigenvalue weighted by Gasteiger charge is 2.13. The van der Waals surface area contributed by atoms with E-state index in [2.05, 4.69) is 28.8 Å². The largest absolute Gasteiger partial charge is 0.464 e. The van der Waals surface area contributed by atoms with Crippen molar-refractivity contribution in [2.75, 3.05) is 6.61 Å². The molecule has 0 aliphatic heterocycles. The summed E-state index contributed by atoms with van der Waals surface area (Å²) in [4.78, 5) is 11.7. The van der Waals surface area contributed by atoms with Gasteiger partial charge in [0, 0.05) is 0 Å². The number of halogens is 1. The molecule has 1 aromatic heterocycles. The quantitative estimate of drug-likeness (QED) is 0.797. The van der Waals surface area contributed by atoms with Crippen molar-refractivity contribution in [1.82, 2.24) is 15.0 Å². The molecule has 1 atom stereocenters. The van der Waals surface area contributed by atoms with Gasteiger partial charge in [-0.15, -0.1) is 4.98 Å². The Kier molecular flexibility index (Phi) is 4.73. The molecule has 1 aromatic rings. The normalized spacial score (nSPS) is 12.6. The van der Waals surface area contributed by atoms with E-state index in [1.165, 1.54) is 0 Å². The van der Waals surface area contributed by atoms with E-state index in [1.54, 1.807) is 0 Å². The van der Waals surface area contributed by atoms with E-state index >= 15 is 0 Å². The van der Waals surface area contributed by atoms with Crippen molar-refractivity contribution in [2.45, 2.75) is 33.8 Å². The van der Waals surface area contributed by atoms with Crippen LogP contribution in [0.25, 0.3) is 0 Å². The summed E-state index contributed by atoms with van der Waals surface area (Å²) in [6.07, 6.45) is 0.00735. The van der Waals surface area contributed by atoms with Crippen LogP contribution in [0.1, 0.15) is 27.7 Å². The lowest BCUT2D eigenvalue weighted by Gasteiger charge is -2.16. The first-order valence-corrected chi connectivity index (χ1v) is 5.61. The van der Waals surface area contributed by atoms with E-state index in [0.717, 1.165) is 0 Å². The van der Waals surface area contributed by atoms with Crippen LogP contribution < -0.4 is 9.47 Å². The molecule has 1 heterocycles. The Bertz CT molecular complexity index is 347. The number of rotatable bonds is 5. The summed E-state index contributed by atoms with van der Waals surface area (Å²) in [5.41, 5.74) is 0. The first-order valence-electron chi connectivity index (χ1n) is 5.24. The fourth-order valence-electron chi connectivity index (χ4n) is 0.863. The molecule has 6 heteroatoms. The second-order valence-corrected chi connectivity index (χ2v) is 4.01. The number of nitrogens with zero attached hydrogens (tertiary/aromatic N) is 3. The molecule has 0 aliphatic rings. The molecule has 0 fully saturated rings. The molecule has 5 nitrogen and oxygen atoms in total. The molecule has 90 valence electrons. The molecule has 0 spiro atoms. The van der Waals surface area contributed by atoms with Gasteiger partial charge in [0.05, 0.1) is 6.61 Å². The van der Waals surface area contributed by atoms with Gasteiger partial charge in [-0.25, -0.2) is 0 Å². The smallest absolute Gasteiger partial charge is 0.324 e. The average molecular weight is 246 g/mol. The summed E-state index contributed by atoms with van der Waals surface area (Å²) >= 11 is 5.73. The number of aromatic nitrogens is 3. The Morgan fingerprint density at radius 1 is 1.12 bits per heavy atom. The summed E-state index contributed by atoms with van der Waals surface area (Å²) in [5.74, 6) is 0.367. The zero-order valence-electron chi connectivity index (χ0n) is 9.90. The monoisotopic (exact) mass is 245 g/mol. The first-order chi connectivity index (χ1) is 7.52. The van der Waals surface area contributed by atoms with Crippen LogP contribution in [0.15, 0.2) is 0 Å². The minimum Gasteiger partial charge on any atom is -0.464 e. The van der Waals surface area contributed by atoms with Gasteiger partial charge in [0.2, 0.25) is 5.28 Å². The van der Waals surface area contributed by atoms with E-state index in [4.69, 9.17) is 21.1 Å². The molecule has 1 unspecified atom stereocenters. The van der Waals surface area contributed by atoms with Crippen LogP contribution in [0.4, 0.5) is 0 Å². The lowest BCUT2D eigenvalue weighted by atomic mass is 10.1. The average Bonchev–Trinajstić information content (AvgIpc) is 2.16. The van der Waals surface area contributed by atoms with Crippen molar-refractivity contribution in [3.05, 3.63) is 5.28 Å². The summed E-state index contributed by atoms with van der Waals surface area (Å²) in [5, 5.41) is 0.0735. The molecule has 0 N–H and O–H groups in total. The molecular weight excluding hydrogens is 230 g/mol.